The van der Waals surface area contributed by atoms with Crippen molar-refractivity contribution in [2.24, 2.45) is 0 Å². The average molecular weight is 398 g/mol. The molecule has 4 heterocycles. The number of hydrogen-bond donors (Lipinski definition) is 1. The van der Waals surface area contributed by atoms with E-state index in [-0.39, 0.29) is 12.3 Å². The number of hydrogen-bond acceptors (Lipinski definition) is 6. The van der Waals surface area contributed by atoms with Crippen LogP contribution < -0.4 is 5.32 Å². The van der Waals surface area contributed by atoms with E-state index in [1.54, 1.807) is 31.3 Å². The minimum Gasteiger partial charge on any atom is -0.466 e. The molecule has 1 atom stereocenters. The molecule has 1 saturated heterocycles. The van der Waals surface area contributed by atoms with E-state index in [0.717, 1.165) is 21.4 Å². The molecule has 8 nitrogen and oxygen atoms in total. The number of carbonyl (C=O) groups excluding carboxylic acids is 3. The number of Topliss-reactive ketones (excluding diaryl/α,β-unsaturated/α-hetero) is 1. The van der Waals surface area contributed by atoms with Crippen molar-refractivity contribution in [3.63, 3.8) is 0 Å². The van der Waals surface area contributed by atoms with Crippen molar-refractivity contribution in [2.45, 2.75) is 26.3 Å². The van der Waals surface area contributed by atoms with Gasteiger partial charge in [0.05, 0.1) is 12.8 Å². The first-order chi connectivity index (χ1) is 13.3. The van der Waals surface area contributed by atoms with E-state index in [1.165, 1.54) is 17.6 Å². The highest BCUT2D eigenvalue weighted by molar-refractivity contribution is 7.12. The third kappa shape index (κ3) is 2.66. The summed E-state index contributed by atoms with van der Waals surface area (Å²) in [6.07, 6.45) is 3.13. The summed E-state index contributed by atoms with van der Waals surface area (Å²) in [5.41, 5.74) is 0.713. The fourth-order valence-electron chi connectivity index (χ4n) is 3.47. The van der Waals surface area contributed by atoms with Crippen LogP contribution in [0.25, 0.3) is 5.13 Å². The Morgan fingerprint density at radius 2 is 2.14 bits per heavy atom. The van der Waals surface area contributed by atoms with Gasteiger partial charge in [0.25, 0.3) is 5.91 Å². The van der Waals surface area contributed by atoms with E-state index < -0.39 is 17.5 Å². The Bertz CT molecular complexity index is 1070. The van der Waals surface area contributed by atoms with Gasteiger partial charge in [-0.25, -0.2) is 9.78 Å². The lowest BCUT2D eigenvalue weighted by Crippen LogP contribution is -2.41. The molecule has 0 spiro atoms. The van der Waals surface area contributed by atoms with Crippen molar-refractivity contribution in [2.75, 3.05) is 6.54 Å². The highest BCUT2D eigenvalue weighted by Gasteiger charge is 2.51. The second-order valence-electron chi connectivity index (χ2n) is 6.78. The number of amides is 3. The largest absolute Gasteiger partial charge is 0.466 e. The minimum atomic E-state index is -1.32. The van der Waals surface area contributed by atoms with Gasteiger partial charge in [0.2, 0.25) is 0 Å². The van der Waals surface area contributed by atoms with E-state index in [2.05, 4.69) is 10.3 Å². The van der Waals surface area contributed by atoms with Crippen LogP contribution in [-0.2, 0) is 10.3 Å². The molecule has 4 rings (SSSR count). The van der Waals surface area contributed by atoms with E-state index in [0.29, 0.717) is 11.3 Å². The molecule has 3 amide bonds. The van der Waals surface area contributed by atoms with Crippen LogP contribution in [0.5, 0.6) is 0 Å². The Hall–Kier alpha value is -3.20. The molecule has 1 unspecified atom stereocenters. The Balaban J connectivity index is 1.60. The van der Waals surface area contributed by atoms with Crippen molar-refractivity contribution >= 4 is 29.1 Å². The molecule has 0 bridgehead atoms. The number of nitrogens with zero attached hydrogens (tertiary/aromatic N) is 3. The lowest BCUT2D eigenvalue weighted by molar-refractivity contribution is -0.131. The van der Waals surface area contributed by atoms with Crippen molar-refractivity contribution in [1.29, 1.82) is 0 Å². The van der Waals surface area contributed by atoms with Crippen LogP contribution in [0.2, 0.25) is 0 Å². The van der Waals surface area contributed by atoms with Crippen LogP contribution in [0.3, 0.4) is 0 Å². The van der Waals surface area contributed by atoms with Gasteiger partial charge in [0.1, 0.15) is 5.76 Å². The fourth-order valence-corrected chi connectivity index (χ4v) is 4.22. The van der Waals surface area contributed by atoms with Crippen molar-refractivity contribution in [3.8, 4) is 5.13 Å². The number of rotatable bonds is 5. The summed E-state index contributed by atoms with van der Waals surface area (Å²) < 4.78 is 7.19. The van der Waals surface area contributed by atoms with Crippen LogP contribution in [-0.4, -0.2) is 38.7 Å². The number of imide groups is 1. The number of thiazole rings is 1. The first kappa shape index (κ1) is 18.2. The Kier molecular flexibility index (Phi) is 4.19. The van der Waals surface area contributed by atoms with Gasteiger partial charge in [0, 0.05) is 28.5 Å². The van der Waals surface area contributed by atoms with Crippen LogP contribution in [0.4, 0.5) is 4.79 Å². The number of aromatic nitrogens is 2. The molecule has 0 aromatic carbocycles. The van der Waals surface area contributed by atoms with Gasteiger partial charge in [-0.05, 0) is 39.0 Å². The first-order valence-electron chi connectivity index (χ1n) is 8.63. The number of nitrogens with one attached hydrogen (secondary N) is 1. The van der Waals surface area contributed by atoms with Crippen LogP contribution in [0, 0.1) is 13.8 Å². The zero-order chi connectivity index (χ0) is 20.1. The van der Waals surface area contributed by atoms with Crippen molar-refractivity contribution in [1.82, 2.24) is 19.8 Å². The zero-order valence-electron chi connectivity index (χ0n) is 15.6. The number of furan rings is 1. The second kappa shape index (κ2) is 6.45. The van der Waals surface area contributed by atoms with Gasteiger partial charge < -0.3 is 9.73 Å². The van der Waals surface area contributed by atoms with Gasteiger partial charge in [0.15, 0.2) is 16.5 Å². The topological polar surface area (TPSA) is 97.4 Å². The molecule has 0 saturated carbocycles. The fraction of sp³-hybridized carbons (Fsp3) is 0.263. The molecule has 0 aliphatic carbocycles. The van der Waals surface area contributed by atoms with Gasteiger partial charge in [-0.15, -0.1) is 11.3 Å². The highest BCUT2D eigenvalue weighted by atomic mass is 32.1. The maximum absolute atomic E-state index is 12.9. The molecule has 1 N–H and O–H groups in total. The van der Waals surface area contributed by atoms with E-state index in [9.17, 15) is 14.4 Å². The lowest BCUT2D eigenvalue weighted by Gasteiger charge is -2.18. The van der Waals surface area contributed by atoms with Gasteiger partial charge in [-0.1, -0.05) is 0 Å². The van der Waals surface area contributed by atoms with Crippen LogP contribution in [0.1, 0.15) is 34.4 Å². The molecule has 0 radical (unpaired) electrons. The summed E-state index contributed by atoms with van der Waals surface area (Å²) >= 11 is 1.46. The van der Waals surface area contributed by atoms with Gasteiger partial charge in [-0.3, -0.25) is 19.1 Å². The monoisotopic (exact) mass is 398 g/mol. The minimum absolute atomic E-state index is 0.317. The number of carbonyl (C=O) groups is 3. The van der Waals surface area contributed by atoms with E-state index in [4.69, 9.17) is 4.42 Å². The number of ketones is 1. The summed E-state index contributed by atoms with van der Waals surface area (Å²) in [4.78, 5) is 43.4. The predicted octanol–water partition coefficient (Wildman–Crippen LogP) is 2.79. The summed E-state index contributed by atoms with van der Waals surface area (Å²) in [6, 6.07) is 4.39. The van der Waals surface area contributed by atoms with Crippen LogP contribution >= 0.6 is 11.3 Å². The maximum Gasteiger partial charge on any atom is 0.325 e. The molecular weight excluding hydrogens is 380 g/mol. The molecule has 1 aliphatic heterocycles. The number of aryl methyl sites for hydroxylation is 1. The molecule has 3 aromatic heterocycles. The standard InChI is InChI=1S/C19H18N4O4S/c1-11-9-13(12(2)23(11)18-20-6-8-28-18)14(24)10-22-16(25)19(3,21-17(22)26)15-5-4-7-27-15/h4-9H,10H2,1-3H3,(H,21,26). The quantitative estimate of drug-likeness (QED) is 0.526. The Morgan fingerprint density at radius 3 is 2.79 bits per heavy atom. The third-order valence-corrected chi connectivity index (χ3v) is 5.69. The smallest absolute Gasteiger partial charge is 0.325 e. The lowest BCUT2D eigenvalue weighted by atomic mass is 9.99. The molecule has 28 heavy (non-hydrogen) atoms. The zero-order valence-corrected chi connectivity index (χ0v) is 16.4. The second-order valence-corrected chi connectivity index (χ2v) is 7.65. The average Bonchev–Trinajstić information content (AvgIpc) is 3.42. The molecule has 1 fully saturated rings. The molecule has 3 aromatic rings. The summed E-state index contributed by atoms with van der Waals surface area (Å²) in [7, 11) is 0. The summed E-state index contributed by atoms with van der Waals surface area (Å²) in [6.45, 7) is 4.92. The molecular formula is C19H18N4O4S. The summed E-state index contributed by atoms with van der Waals surface area (Å²) in [5.74, 6) is -0.514. The third-order valence-electron chi connectivity index (χ3n) is 4.93. The molecule has 144 valence electrons. The van der Waals surface area contributed by atoms with Gasteiger partial charge in [-0.2, -0.15) is 0 Å². The normalized spacial score (nSPS) is 19.3. The van der Waals surface area contributed by atoms with E-state index >= 15 is 0 Å². The Morgan fingerprint density at radius 1 is 1.36 bits per heavy atom. The van der Waals surface area contributed by atoms with Crippen molar-refractivity contribution in [3.05, 3.63) is 58.8 Å². The summed E-state index contributed by atoms with van der Waals surface area (Å²) in [5, 5.41) is 5.24. The van der Waals surface area contributed by atoms with Crippen molar-refractivity contribution < 1.29 is 18.8 Å². The molecule has 1 aliphatic rings. The van der Waals surface area contributed by atoms with Crippen LogP contribution in [0.15, 0.2) is 40.5 Å². The predicted molar refractivity (Wildman–Crippen MR) is 102 cm³/mol. The first-order valence-corrected chi connectivity index (χ1v) is 9.51. The highest BCUT2D eigenvalue weighted by Crippen LogP contribution is 2.30. The molecule has 9 heteroatoms. The Labute approximate surface area is 164 Å². The SMILES string of the molecule is Cc1cc(C(=O)CN2C(=O)NC(C)(c3ccco3)C2=O)c(C)n1-c1nccs1. The van der Waals surface area contributed by atoms with E-state index in [1.807, 2.05) is 23.8 Å². The van der Waals surface area contributed by atoms with Gasteiger partial charge >= 0.3 is 6.03 Å². The maximum atomic E-state index is 12.9. The number of urea groups is 1.